The lowest BCUT2D eigenvalue weighted by atomic mass is 9.90. The number of nitrogens with one attached hydrogen (secondary N) is 2. The molecular formula is C36H44F6N4O5. The molecule has 0 spiro atoms. The Hall–Kier alpha value is -4.27. The van der Waals surface area contributed by atoms with E-state index in [1.54, 1.807) is 33.0 Å². The molecule has 280 valence electrons. The van der Waals surface area contributed by atoms with Crippen LogP contribution in [0.15, 0.2) is 47.4 Å². The summed E-state index contributed by atoms with van der Waals surface area (Å²) < 4.78 is 97.6. The SMILES string of the molecule is COCCCn1c(C)c(C(F)(F)F)c(C(F)(F)F)c1[C@@H]1CCCN(C(=O)C[C@@H](Cc2ccc(-c3ccc(=O)[nH]c3)cc2)NC(=O)OC(C)(C)C)C1. The van der Waals surface area contributed by atoms with E-state index in [1.807, 2.05) is 24.3 Å². The van der Waals surface area contributed by atoms with Crippen LogP contribution in [-0.4, -0.2) is 64.9 Å². The van der Waals surface area contributed by atoms with E-state index in [4.69, 9.17) is 9.47 Å². The maximum Gasteiger partial charge on any atom is 0.418 e. The number of likely N-dealkylation sites (tertiary alicyclic amines) is 1. The minimum absolute atomic E-state index is 0.124. The second-order valence-electron chi connectivity index (χ2n) is 13.8. The van der Waals surface area contributed by atoms with Gasteiger partial charge in [-0.25, -0.2) is 4.79 Å². The Morgan fingerprint density at radius 1 is 0.980 bits per heavy atom. The monoisotopic (exact) mass is 726 g/mol. The van der Waals surface area contributed by atoms with Gasteiger partial charge in [0.05, 0.1) is 11.1 Å². The summed E-state index contributed by atoms with van der Waals surface area (Å²) in [6, 6.07) is 9.55. The molecule has 2 aromatic heterocycles. The Kier molecular flexibility index (Phi) is 12.4. The predicted molar refractivity (Wildman–Crippen MR) is 178 cm³/mol. The molecule has 2 amide bonds. The Bertz CT molecular complexity index is 1700. The number of alkyl carbamates (subject to hydrolysis) is 1. The zero-order valence-electron chi connectivity index (χ0n) is 29.3. The number of H-pyrrole nitrogens is 1. The molecule has 51 heavy (non-hydrogen) atoms. The number of halogens is 6. The van der Waals surface area contributed by atoms with Crippen LogP contribution in [0.4, 0.5) is 31.1 Å². The molecule has 0 radical (unpaired) electrons. The van der Waals surface area contributed by atoms with Gasteiger partial charge >= 0.3 is 18.4 Å². The van der Waals surface area contributed by atoms with E-state index in [0.29, 0.717) is 0 Å². The highest BCUT2D eigenvalue weighted by atomic mass is 19.4. The van der Waals surface area contributed by atoms with Crippen molar-refractivity contribution in [3.63, 3.8) is 0 Å². The normalized spacial score (nSPS) is 16.2. The molecule has 3 aromatic rings. The number of amides is 2. The van der Waals surface area contributed by atoms with Gasteiger partial charge in [-0.3, -0.25) is 9.59 Å². The smallest absolute Gasteiger partial charge is 0.418 e. The van der Waals surface area contributed by atoms with Crippen LogP contribution in [-0.2, 0) is 39.6 Å². The van der Waals surface area contributed by atoms with Crippen molar-refractivity contribution in [2.45, 2.75) is 96.3 Å². The lowest BCUT2D eigenvalue weighted by Gasteiger charge is -2.35. The second kappa shape index (κ2) is 16.0. The molecule has 1 aliphatic rings. The Labute approximate surface area is 292 Å². The average Bonchev–Trinajstić information content (AvgIpc) is 3.34. The topological polar surface area (TPSA) is 106 Å². The Balaban J connectivity index is 1.61. The number of carbonyl (C=O) groups excluding carboxylic acids is 2. The largest absolute Gasteiger partial charge is 0.444 e. The van der Waals surface area contributed by atoms with Gasteiger partial charge in [-0.05, 0) is 76.1 Å². The summed E-state index contributed by atoms with van der Waals surface area (Å²) in [6.45, 7) is 6.07. The molecule has 2 atom stereocenters. The van der Waals surface area contributed by atoms with Gasteiger partial charge in [0, 0.05) is 75.4 Å². The zero-order chi connectivity index (χ0) is 37.7. The number of aromatic amines is 1. The maximum absolute atomic E-state index is 14.5. The predicted octanol–water partition coefficient (Wildman–Crippen LogP) is 7.46. The summed E-state index contributed by atoms with van der Waals surface area (Å²) in [5, 5.41) is 2.74. The van der Waals surface area contributed by atoms with Gasteiger partial charge in [-0.1, -0.05) is 24.3 Å². The molecule has 1 saturated heterocycles. The van der Waals surface area contributed by atoms with Crippen molar-refractivity contribution < 1.29 is 45.4 Å². The summed E-state index contributed by atoms with van der Waals surface area (Å²) in [5.41, 5.74) is -3.16. The molecule has 2 N–H and O–H groups in total. The van der Waals surface area contributed by atoms with E-state index in [0.717, 1.165) is 28.2 Å². The minimum atomic E-state index is -5.29. The molecule has 15 heteroatoms. The zero-order valence-corrected chi connectivity index (χ0v) is 29.3. The number of nitrogens with zero attached hydrogens (tertiary/aromatic N) is 2. The van der Waals surface area contributed by atoms with Crippen molar-refractivity contribution in [2.24, 2.45) is 0 Å². The van der Waals surface area contributed by atoms with Gasteiger partial charge in [0.2, 0.25) is 11.5 Å². The molecule has 0 saturated carbocycles. The third-order valence-corrected chi connectivity index (χ3v) is 8.72. The van der Waals surface area contributed by atoms with E-state index in [1.165, 1.54) is 18.1 Å². The molecule has 4 rings (SSSR count). The lowest BCUT2D eigenvalue weighted by molar-refractivity contribution is -0.162. The van der Waals surface area contributed by atoms with Crippen LogP contribution >= 0.6 is 0 Å². The van der Waals surface area contributed by atoms with E-state index in [-0.39, 0.29) is 63.9 Å². The fourth-order valence-electron chi connectivity index (χ4n) is 6.60. The van der Waals surface area contributed by atoms with Gasteiger partial charge < -0.3 is 29.2 Å². The van der Waals surface area contributed by atoms with Gasteiger partial charge in [0.1, 0.15) is 5.60 Å². The summed E-state index contributed by atoms with van der Waals surface area (Å²) in [6.07, 6.45) is -9.16. The lowest BCUT2D eigenvalue weighted by Crippen LogP contribution is -2.46. The summed E-state index contributed by atoms with van der Waals surface area (Å²) in [5.74, 6) is -1.49. The first kappa shape index (κ1) is 39.5. The van der Waals surface area contributed by atoms with Gasteiger partial charge in [0.15, 0.2) is 0 Å². The van der Waals surface area contributed by atoms with Crippen LogP contribution in [0.2, 0.25) is 0 Å². The first-order chi connectivity index (χ1) is 23.8. The van der Waals surface area contributed by atoms with Crippen LogP contribution in [0.25, 0.3) is 11.1 Å². The van der Waals surface area contributed by atoms with Crippen LogP contribution in [0.3, 0.4) is 0 Å². The fourth-order valence-corrected chi connectivity index (χ4v) is 6.60. The van der Waals surface area contributed by atoms with E-state index in [2.05, 4.69) is 10.3 Å². The number of hydrogen-bond acceptors (Lipinski definition) is 5. The summed E-state index contributed by atoms with van der Waals surface area (Å²) >= 11 is 0. The maximum atomic E-state index is 14.5. The van der Waals surface area contributed by atoms with Crippen LogP contribution in [0.1, 0.15) is 80.5 Å². The van der Waals surface area contributed by atoms with Crippen molar-refractivity contribution in [3.05, 3.63) is 81.0 Å². The van der Waals surface area contributed by atoms with Crippen molar-refractivity contribution in [1.82, 2.24) is 19.8 Å². The highest BCUT2D eigenvalue weighted by Gasteiger charge is 2.50. The molecular weight excluding hydrogens is 682 g/mol. The Morgan fingerprint density at radius 2 is 1.63 bits per heavy atom. The van der Waals surface area contributed by atoms with E-state index >= 15 is 0 Å². The third kappa shape index (κ3) is 10.4. The number of carbonyl (C=O) groups is 2. The molecule has 0 unspecified atom stereocenters. The summed E-state index contributed by atoms with van der Waals surface area (Å²) in [4.78, 5) is 42.0. The molecule has 3 heterocycles. The molecule has 9 nitrogen and oxygen atoms in total. The number of rotatable bonds is 11. The van der Waals surface area contributed by atoms with Gasteiger partial charge in [-0.2, -0.15) is 26.3 Å². The quantitative estimate of drug-likeness (QED) is 0.158. The van der Waals surface area contributed by atoms with Crippen LogP contribution < -0.4 is 10.9 Å². The van der Waals surface area contributed by atoms with E-state index < -0.39 is 64.4 Å². The first-order valence-electron chi connectivity index (χ1n) is 16.7. The number of hydrogen-bond donors (Lipinski definition) is 2. The highest BCUT2D eigenvalue weighted by Crippen LogP contribution is 2.48. The number of pyridine rings is 1. The fraction of sp³-hybridized carbons (Fsp3) is 0.528. The van der Waals surface area contributed by atoms with Crippen molar-refractivity contribution in [2.75, 3.05) is 26.8 Å². The standard InChI is InChI=1S/C36H44F6N4O5/c1-22-30(35(37,38)39)31(36(40,41)42)32(46(22)16-7-17-50-5)26-8-6-15-45(21-26)29(48)19-27(44-33(49)51-34(2,3)4)18-23-9-11-24(12-10-23)25-13-14-28(47)43-20-25/h9-14,20,26-27H,6-8,15-19,21H2,1-5H3,(H,43,47)(H,44,49)/t26-,27-/m1/s1. The molecule has 1 aromatic carbocycles. The molecule has 1 aliphatic heterocycles. The van der Waals surface area contributed by atoms with E-state index in [9.17, 15) is 40.7 Å². The summed E-state index contributed by atoms with van der Waals surface area (Å²) in [7, 11) is 1.39. The Morgan fingerprint density at radius 3 is 2.20 bits per heavy atom. The number of ether oxygens (including phenoxy) is 2. The number of alkyl halides is 6. The van der Waals surface area contributed by atoms with Crippen LogP contribution in [0, 0.1) is 6.92 Å². The van der Waals surface area contributed by atoms with Crippen LogP contribution in [0.5, 0.6) is 0 Å². The minimum Gasteiger partial charge on any atom is -0.444 e. The number of aromatic nitrogens is 2. The molecule has 0 bridgehead atoms. The van der Waals surface area contributed by atoms with Crippen molar-refractivity contribution >= 4 is 12.0 Å². The second-order valence-corrected chi connectivity index (χ2v) is 13.8. The first-order valence-corrected chi connectivity index (χ1v) is 16.7. The average molecular weight is 727 g/mol. The highest BCUT2D eigenvalue weighted by molar-refractivity contribution is 5.78. The number of piperidine rings is 1. The van der Waals surface area contributed by atoms with Gasteiger partial charge in [-0.15, -0.1) is 0 Å². The molecule has 0 aliphatic carbocycles. The van der Waals surface area contributed by atoms with Gasteiger partial charge in [0.25, 0.3) is 0 Å². The van der Waals surface area contributed by atoms with Crippen molar-refractivity contribution in [3.8, 4) is 11.1 Å². The molecule has 1 fully saturated rings. The number of benzene rings is 1. The third-order valence-electron chi connectivity index (χ3n) is 8.72. The van der Waals surface area contributed by atoms with Crippen molar-refractivity contribution in [1.29, 1.82) is 0 Å². The number of methoxy groups -OCH3 is 1.